The minimum atomic E-state index is 0.961. The number of aryl methyl sites for hydroxylation is 2. The van der Waals surface area contributed by atoms with Gasteiger partial charge in [0.25, 0.3) is 0 Å². The lowest BCUT2D eigenvalue weighted by atomic mass is 10.1. The fourth-order valence-electron chi connectivity index (χ4n) is 1.82. The van der Waals surface area contributed by atoms with E-state index >= 15 is 0 Å². The van der Waals surface area contributed by atoms with Crippen molar-refractivity contribution in [2.45, 2.75) is 33.2 Å². The first kappa shape index (κ1) is 7.65. The Hall–Kier alpha value is -0.990. The highest BCUT2D eigenvalue weighted by Crippen LogP contribution is 2.24. The van der Waals surface area contributed by atoms with Gasteiger partial charge in [-0.25, -0.2) is 4.68 Å². The van der Waals surface area contributed by atoms with Crippen molar-refractivity contribution in [3.05, 3.63) is 11.3 Å². The number of nitrogens with zero attached hydrogens (tertiary/aromatic N) is 2. The largest absolute Gasteiger partial charge is 0.370 e. The molecule has 3 nitrogen and oxygen atoms in total. The standard InChI is InChI=1S/C9H15N3/c1-3-12-9-8(7(2)11-12)5-4-6-10-9/h10H,3-6H2,1-2H3. The van der Waals surface area contributed by atoms with Gasteiger partial charge in [-0.05, 0) is 26.7 Å². The van der Waals surface area contributed by atoms with Crippen molar-refractivity contribution in [2.24, 2.45) is 0 Å². The molecule has 1 N–H and O–H groups in total. The maximum Gasteiger partial charge on any atom is 0.127 e. The van der Waals surface area contributed by atoms with Gasteiger partial charge < -0.3 is 5.32 Å². The second-order valence-corrected chi connectivity index (χ2v) is 3.26. The third-order valence-corrected chi connectivity index (χ3v) is 2.45. The van der Waals surface area contributed by atoms with Crippen molar-refractivity contribution < 1.29 is 0 Å². The molecule has 2 heterocycles. The first-order valence-corrected chi connectivity index (χ1v) is 4.63. The van der Waals surface area contributed by atoms with E-state index in [1.54, 1.807) is 0 Å². The van der Waals surface area contributed by atoms with Gasteiger partial charge in [0.05, 0.1) is 5.69 Å². The molecule has 1 aromatic rings. The molecule has 0 aliphatic carbocycles. The first-order valence-electron chi connectivity index (χ1n) is 4.63. The smallest absolute Gasteiger partial charge is 0.127 e. The molecule has 12 heavy (non-hydrogen) atoms. The van der Waals surface area contributed by atoms with Crippen LogP contribution >= 0.6 is 0 Å². The average molecular weight is 165 g/mol. The normalized spacial score (nSPS) is 15.5. The fourth-order valence-corrected chi connectivity index (χ4v) is 1.82. The molecule has 0 saturated carbocycles. The number of hydrogen-bond acceptors (Lipinski definition) is 2. The van der Waals surface area contributed by atoms with Gasteiger partial charge in [0.15, 0.2) is 0 Å². The molecule has 0 amide bonds. The van der Waals surface area contributed by atoms with E-state index in [1.165, 1.54) is 29.9 Å². The van der Waals surface area contributed by atoms with Crippen LogP contribution in [0.3, 0.4) is 0 Å². The Labute approximate surface area is 72.8 Å². The lowest BCUT2D eigenvalue weighted by Gasteiger charge is -2.15. The highest BCUT2D eigenvalue weighted by atomic mass is 15.3. The summed E-state index contributed by atoms with van der Waals surface area (Å²) in [6, 6.07) is 0. The molecule has 1 aliphatic heterocycles. The number of aromatic nitrogens is 2. The van der Waals surface area contributed by atoms with E-state index in [1.807, 2.05) is 0 Å². The van der Waals surface area contributed by atoms with Gasteiger partial charge in [-0.3, -0.25) is 0 Å². The summed E-state index contributed by atoms with van der Waals surface area (Å²) in [5, 5.41) is 7.87. The van der Waals surface area contributed by atoms with Crippen molar-refractivity contribution in [2.75, 3.05) is 11.9 Å². The summed E-state index contributed by atoms with van der Waals surface area (Å²) in [6.07, 6.45) is 2.43. The molecular weight excluding hydrogens is 150 g/mol. The predicted octanol–water partition coefficient (Wildman–Crippen LogP) is 1.57. The van der Waals surface area contributed by atoms with Crippen molar-refractivity contribution in [3.63, 3.8) is 0 Å². The molecule has 0 bridgehead atoms. The van der Waals surface area contributed by atoms with E-state index in [-0.39, 0.29) is 0 Å². The average Bonchev–Trinajstić information content (AvgIpc) is 2.44. The van der Waals surface area contributed by atoms with Crippen LogP contribution in [0.15, 0.2) is 0 Å². The third kappa shape index (κ3) is 1.00. The van der Waals surface area contributed by atoms with Crippen molar-refractivity contribution >= 4 is 5.82 Å². The van der Waals surface area contributed by atoms with Crippen LogP contribution in [0.4, 0.5) is 5.82 Å². The van der Waals surface area contributed by atoms with Gasteiger partial charge in [0.2, 0.25) is 0 Å². The van der Waals surface area contributed by atoms with Crippen LogP contribution in [-0.4, -0.2) is 16.3 Å². The van der Waals surface area contributed by atoms with Gasteiger partial charge in [0, 0.05) is 18.7 Å². The van der Waals surface area contributed by atoms with Gasteiger partial charge in [0.1, 0.15) is 5.82 Å². The van der Waals surface area contributed by atoms with Crippen molar-refractivity contribution in [1.29, 1.82) is 0 Å². The van der Waals surface area contributed by atoms with E-state index in [2.05, 4.69) is 28.9 Å². The Morgan fingerprint density at radius 2 is 2.42 bits per heavy atom. The van der Waals surface area contributed by atoms with Crippen LogP contribution in [0.2, 0.25) is 0 Å². The number of rotatable bonds is 1. The molecule has 1 aliphatic rings. The topological polar surface area (TPSA) is 29.9 Å². The molecule has 0 spiro atoms. The minimum Gasteiger partial charge on any atom is -0.370 e. The summed E-state index contributed by atoms with van der Waals surface area (Å²) in [5.74, 6) is 1.25. The molecule has 0 atom stereocenters. The first-order chi connectivity index (χ1) is 5.83. The quantitative estimate of drug-likeness (QED) is 0.684. The molecule has 2 rings (SSSR count). The Kier molecular flexibility index (Phi) is 1.79. The second kappa shape index (κ2) is 2.81. The molecule has 1 aromatic heterocycles. The minimum absolute atomic E-state index is 0.961. The monoisotopic (exact) mass is 165 g/mol. The lowest BCUT2D eigenvalue weighted by Crippen LogP contribution is -2.14. The fraction of sp³-hybridized carbons (Fsp3) is 0.667. The molecule has 0 radical (unpaired) electrons. The van der Waals surface area contributed by atoms with E-state index in [0.717, 1.165) is 13.1 Å². The van der Waals surface area contributed by atoms with Crippen LogP contribution in [0.1, 0.15) is 24.6 Å². The van der Waals surface area contributed by atoms with E-state index < -0.39 is 0 Å². The molecule has 0 aromatic carbocycles. The highest BCUT2D eigenvalue weighted by Gasteiger charge is 2.16. The second-order valence-electron chi connectivity index (χ2n) is 3.26. The molecular formula is C9H15N3. The molecule has 0 saturated heterocycles. The van der Waals surface area contributed by atoms with Crippen LogP contribution in [0.5, 0.6) is 0 Å². The van der Waals surface area contributed by atoms with Crippen LogP contribution in [-0.2, 0) is 13.0 Å². The molecule has 3 heteroatoms. The summed E-state index contributed by atoms with van der Waals surface area (Å²) in [5.41, 5.74) is 2.61. The van der Waals surface area contributed by atoms with Crippen molar-refractivity contribution in [1.82, 2.24) is 9.78 Å². The third-order valence-electron chi connectivity index (χ3n) is 2.45. The predicted molar refractivity (Wildman–Crippen MR) is 49.4 cm³/mol. The van der Waals surface area contributed by atoms with Crippen LogP contribution in [0.25, 0.3) is 0 Å². The van der Waals surface area contributed by atoms with Crippen LogP contribution in [0, 0.1) is 6.92 Å². The van der Waals surface area contributed by atoms with E-state index in [9.17, 15) is 0 Å². The zero-order valence-corrected chi connectivity index (χ0v) is 7.72. The number of fused-ring (bicyclic) bond motifs is 1. The zero-order valence-electron chi connectivity index (χ0n) is 7.72. The summed E-state index contributed by atoms with van der Waals surface area (Å²) in [6.45, 7) is 6.28. The number of hydrogen-bond donors (Lipinski definition) is 1. The maximum absolute atomic E-state index is 4.46. The number of nitrogens with one attached hydrogen (secondary N) is 1. The van der Waals surface area contributed by atoms with Gasteiger partial charge in [-0.2, -0.15) is 5.10 Å². The Morgan fingerprint density at radius 3 is 3.17 bits per heavy atom. The maximum atomic E-state index is 4.46. The van der Waals surface area contributed by atoms with E-state index in [0.29, 0.717) is 0 Å². The van der Waals surface area contributed by atoms with Gasteiger partial charge >= 0.3 is 0 Å². The van der Waals surface area contributed by atoms with Crippen molar-refractivity contribution in [3.8, 4) is 0 Å². The Bertz CT molecular complexity index is 288. The van der Waals surface area contributed by atoms with E-state index in [4.69, 9.17) is 0 Å². The summed E-state index contributed by atoms with van der Waals surface area (Å²) < 4.78 is 2.06. The SMILES string of the molecule is CCn1nc(C)c2c1NCCC2. The Balaban J connectivity index is 2.47. The molecule has 0 unspecified atom stereocenters. The summed E-state index contributed by atoms with van der Waals surface area (Å²) in [7, 11) is 0. The highest BCUT2D eigenvalue weighted by molar-refractivity contribution is 5.49. The zero-order chi connectivity index (χ0) is 8.55. The summed E-state index contributed by atoms with van der Waals surface area (Å²) in [4.78, 5) is 0. The van der Waals surface area contributed by atoms with Crippen LogP contribution < -0.4 is 5.32 Å². The lowest BCUT2D eigenvalue weighted by molar-refractivity contribution is 0.653. The molecule has 0 fully saturated rings. The van der Waals surface area contributed by atoms with Gasteiger partial charge in [-0.1, -0.05) is 0 Å². The summed E-state index contributed by atoms with van der Waals surface area (Å²) >= 11 is 0. The molecule has 66 valence electrons. The van der Waals surface area contributed by atoms with Gasteiger partial charge in [-0.15, -0.1) is 0 Å². The Morgan fingerprint density at radius 1 is 1.58 bits per heavy atom. The number of anilines is 1.